The first-order valence-corrected chi connectivity index (χ1v) is 11.1. The summed E-state index contributed by atoms with van der Waals surface area (Å²) in [6, 6.07) is 5.19. The largest absolute Gasteiger partial charge is 0.573 e. The van der Waals surface area contributed by atoms with E-state index in [0.29, 0.717) is 35.8 Å². The van der Waals surface area contributed by atoms with Gasteiger partial charge in [-0.2, -0.15) is 13.2 Å². The monoisotopic (exact) mass is 537 g/mol. The Hall–Kier alpha value is -3.71. The highest BCUT2D eigenvalue weighted by molar-refractivity contribution is 5.66. The number of rotatable bonds is 11. The summed E-state index contributed by atoms with van der Waals surface area (Å²) < 4.78 is 82.1. The maximum Gasteiger partial charge on any atom is 0.573 e. The van der Waals surface area contributed by atoms with Gasteiger partial charge in [0.05, 0.1) is 17.0 Å². The highest BCUT2D eigenvalue weighted by Gasteiger charge is 2.34. The van der Waals surface area contributed by atoms with Gasteiger partial charge < -0.3 is 14.7 Å². The van der Waals surface area contributed by atoms with Gasteiger partial charge in [-0.1, -0.05) is 13.3 Å². The molecule has 204 valence electrons. The highest BCUT2D eigenvalue weighted by atomic mass is 19.4. The minimum absolute atomic E-state index is 0.114. The second-order valence-corrected chi connectivity index (χ2v) is 8.05. The van der Waals surface area contributed by atoms with Gasteiger partial charge >= 0.3 is 18.6 Å². The molecule has 2 aromatic rings. The van der Waals surface area contributed by atoms with Crippen LogP contribution in [-0.2, 0) is 19.3 Å². The average molecular weight is 537 g/mol. The van der Waals surface area contributed by atoms with Gasteiger partial charge in [-0.05, 0) is 48.7 Å². The van der Waals surface area contributed by atoms with Crippen LogP contribution in [0.5, 0.6) is 5.75 Å². The van der Waals surface area contributed by atoms with Crippen LogP contribution in [0.1, 0.15) is 43.4 Å². The Morgan fingerprint density at radius 1 is 1.05 bits per heavy atom. The van der Waals surface area contributed by atoms with Crippen molar-refractivity contribution in [1.82, 2.24) is 4.90 Å². The molecule has 1 N–H and O–H groups in total. The normalized spacial score (nSPS) is 11.8. The van der Waals surface area contributed by atoms with Crippen LogP contribution in [0.3, 0.4) is 0 Å². The number of carbonyl (C=O) groups is 1. The highest BCUT2D eigenvalue weighted by Crippen LogP contribution is 2.34. The maximum atomic E-state index is 13.3. The van der Waals surface area contributed by atoms with E-state index in [4.69, 9.17) is 0 Å². The van der Waals surface area contributed by atoms with E-state index >= 15 is 0 Å². The maximum absolute atomic E-state index is 13.3. The smallest absolute Gasteiger partial charge is 0.465 e. The zero-order valence-electron chi connectivity index (χ0n) is 19.9. The fourth-order valence-electron chi connectivity index (χ4n) is 3.64. The Labute approximate surface area is 208 Å². The van der Waals surface area contributed by atoms with E-state index in [1.165, 1.54) is 6.07 Å². The lowest BCUT2D eigenvalue weighted by atomic mass is 10.1. The van der Waals surface area contributed by atoms with Gasteiger partial charge in [0.25, 0.3) is 5.69 Å². The van der Waals surface area contributed by atoms with Crippen LogP contribution in [0.15, 0.2) is 36.4 Å². The second kappa shape index (κ2) is 12.0. The molecule has 14 heteroatoms. The summed E-state index contributed by atoms with van der Waals surface area (Å²) in [4.78, 5) is 24.6. The van der Waals surface area contributed by atoms with Crippen molar-refractivity contribution >= 4 is 17.5 Å². The first-order valence-electron chi connectivity index (χ1n) is 11.1. The zero-order chi connectivity index (χ0) is 28.0. The van der Waals surface area contributed by atoms with E-state index in [1.807, 2.05) is 11.8 Å². The van der Waals surface area contributed by atoms with Crippen LogP contribution in [0.2, 0.25) is 0 Å². The SMILES string of the molecule is CCCCN(CC)c1ccc(OC(F)(F)F)cc1CN(Cc1cc([N+](=O)[O-])cc(C(F)(F)F)c1)C(=O)O. The summed E-state index contributed by atoms with van der Waals surface area (Å²) in [5.74, 6) is -0.599. The van der Waals surface area contributed by atoms with Crippen LogP contribution in [-0.4, -0.2) is 40.5 Å². The Kier molecular flexibility index (Phi) is 9.59. The fourth-order valence-corrected chi connectivity index (χ4v) is 3.64. The van der Waals surface area contributed by atoms with Crippen molar-refractivity contribution in [3.8, 4) is 5.75 Å². The molecular weight excluding hydrogens is 512 g/mol. The van der Waals surface area contributed by atoms with Crippen molar-refractivity contribution in [3.63, 3.8) is 0 Å². The molecule has 1 amide bonds. The number of benzene rings is 2. The minimum atomic E-state index is -5.01. The van der Waals surface area contributed by atoms with E-state index in [2.05, 4.69) is 4.74 Å². The first kappa shape index (κ1) is 29.5. The van der Waals surface area contributed by atoms with Gasteiger partial charge in [0, 0.05) is 37.5 Å². The molecule has 0 aliphatic carbocycles. The molecule has 0 spiro atoms. The van der Waals surface area contributed by atoms with Crippen LogP contribution in [0.25, 0.3) is 0 Å². The van der Waals surface area contributed by atoms with E-state index < -0.39 is 53.6 Å². The summed E-state index contributed by atoms with van der Waals surface area (Å²) in [7, 11) is 0. The number of unbranched alkanes of at least 4 members (excludes halogenated alkanes) is 1. The Bertz CT molecular complexity index is 1110. The molecule has 0 aliphatic rings. The number of nitro benzene ring substituents is 1. The molecule has 2 rings (SSSR count). The number of ether oxygens (including phenoxy) is 1. The van der Waals surface area contributed by atoms with Crippen LogP contribution in [0, 0.1) is 10.1 Å². The van der Waals surface area contributed by atoms with Crippen molar-refractivity contribution in [2.45, 2.75) is 52.3 Å². The lowest BCUT2D eigenvalue weighted by molar-refractivity contribution is -0.385. The van der Waals surface area contributed by atoms with E-state index in [1.54, 1.807) is 6.92 Å². The number of nitro groups is 1. The molecule has 0 aliphatic heterocycles. The predicted molar refractivity (Wildman–Crippen MR) is 121 cm³/mol. The van der Waals surface area contributed by atoms with E-state index in [9.17, 15) is 46.4 Å². The number of nitrogens with zero attached hydrogens (tertiary/aromatic N) is 3. The molecule has 0 radical (unpaired) electrons. The Morgan fingerprint density at radius 2 is 1.73 bits per heavy atom. The number of anilines is 1. The van der Waals surface area contributed by atoms with Gasteiger partial charge in [-0.15, -0.1) is 13.2 Å². The lowest BCUT2D eigenvalue weighted by Gasteiger charge is -2.28. The molecule has 0 aromatic heterocycles. The van der Waals surface area contributed by atoms with E-state index in [0.717, 1.165) is 31.0 Å². The summed E-state index contributed by atoms with van der Waals surface area (Å²) in [5.41, 5.74) is -1.99. The second-order valence-electron chi connectivity index (χ2n) is 8.05. The van der Waals surface area contributed by atoms with Crippen molar-refractivity contribution < 1.29 is 45.9 Å². The molecule has 0 saturated carbocycles. The number of hydrogen-bond acceptors (Lipinski definition) is 5. The third-order valence-electron chi connectivity index (χ3n) is 5.31. The lowest BCUT2D eigenvalue weighted by Crippen LogP contribution is -2.31. The predicted octanol–water partition coefficient (Wildman–Crippen LogP) is 6.82. The van der Waals surface area contributed by atoms with Crippen molar-refractivity contribution in [3.05, 3.63) is 63.2 Å². The van der Waals surface area contributed by atoms with Gasteiger partial charge in [-0.25, -0.2) is 4.79 Å². The van der Waals surface area contributed by atoms with Crippen molar-refractivity contribution in [2.24, 2.45) is 0 Å². The summed E-state index contributed by atoms with van der Waals surface area (Å²) in [5, 5.41) is 20.9. The average Bonchev–Trinajstić information content (AvgIpc) is 2.78. The number of halogens is 6. The van der Waals surface area contributed by atoms with Crippen LogP contribution >= 0.6 is 0 Å². The van der Waals surface area contributed by atoms with Crippen molar-refractivity contribution in [2.75, 3.05) is 18.0 Å². The Balaban J connectivity index is 2.51. The third kappa shape index (κ3) is 8.72. The molecule has 0 bridgehead atoms. The molecule has 37 heavy (non-hydrogen) atoms. The number of alkyl halides is 6. The summed E-state index contributed by atoms with van der Waals surface area (Å²) in [6.07, 6.45) is -9.97. The van der Waals surface area contributed by atoms with Crippen molar-refractivity contribution in [1.29, 1.82) is 0 Å². The van der Waals surface area contributed by atoms with Crippen LogP contribution in [0.4, 0.5) is 42.5 Å². The molecule has 0 saturated heterocycles. The third-order valence-corrected chi connectivity index (χ3v) is 5.31. The van der Waals surface area contributed by atoms with Crippen LogP contribution < -0.4 is 9.64 Å². The quantitative estimate of drug-likeness (QED) is 0.192. The topological polar surface area (TPSA) is 96.1 Å². The summed E-state index contributed by atoms with van der Waals surface area (Å²) in [6.45, 7) is 3.49. The number of carboxylic acid groups (broad SMARTS) is 1. The zero-order valence-corrected chi connectivity index (χ0v) is 19.9. The number of amides is 1. The van der Waals surface area contributed by atoms with E-state index in [-0.39, 0.29) is 11.1 Å². The molecule has 0 heterocycles. The molecule has 0 unspecified atom stereocenters. The molecule has 2 aromatic carbocycles. The standard InChI is InChI=1S/C23H25F6N3O5/c1-3-5-8-30(4-2)20-7-6-19(37-23(27,28)29)11-16(20)14-31(21(33)34)13-15-9-17(22(24,25)26)12-18(10-15)32(35)36/h6-7,9-12H,3-5,8,13-14H2,1-2H3,(H,33,34). The van der Waals surface area contributed by atoms with Gasteiger partial charge in [0.15, 0.2) is 0 Å². The minimum Gasteiger partial charge on any atom is -0.465 e. The fraction of sp³-hybridized carbons (Fsp3) is 0.435. The van der Waals surface area contributed by atoms with Gasteiger partial charge in [-0.3, -0.25) is 15.0 Å². The molecule has 0 atom stereocenters. The first-order chi connectivity index (χ1) is 17.1. The molecule has 8 nitrogen and oxygen atoms in total. The molecule has 0 fully saturated rings. The van der Waals surface area contributed by atoms with Gasteiger partial charge in [0.1, 0.15) is 5.75 Å². The number of hydrogen-bond donors (Lipinski definition) is 1. The number of non-ortho nitro benzene ring substituents is 1. The Morgan fingerprint density at radius 3 is 2.24 bits per heavy atom. The van der Waals surface area contributed by atoms with Gasteiger partial charge in [0.2, 0.25) is 0 Å². The summed E-state index contributed by atoms with van der Waals surface area (Å²) >= 11 is 0. The molecular formula is C23H25F6N3O5.